The molecule has 1 unspecified atom stereocenters. The third kappa shape index (κ3) is 4.39. The van der Waals surface area contributed by atoms with Gasteiger partial charge >= 0.3 is 0 Å². The van der Waals surface area contributed by atoms with Gasteiger partial charge in [-0.1, -0.05) is 6.92 Å². The number of nitrogens with one attached hydrogen (secondary N) is 1. The molecule has 0 aliphatic heterocycles. The first-order chi connectivity index (χ1) is 6.72. The van der Waals surface area contributed by atoms with Crippen molar-refractivity contribution in [2.75, 3.05) is 18.1 Å². The lowest BCUT2D eigenvalue weighted by Gasteiger charge is -2.01. The summed E-state index contributed by atoms with van der Waals surface area (Å²) in [5.41, 5.74) is 0. The van der Waals surface area contributed by atoms with Crippen LogP contribution in [0.4, 0.5) is 0 Å². The van der Waals surface area contributed by atoms with Crippen molar-refractivity contribution in [2.45, 2.75) is 13.5 Å². The molecule has 1 aromatic rings. The van der Waals surface area contributed by atoms with Crippen molar-refractivity contribution in [1.82, 2.24) is 5.32 Å². The molecule has 3 nitrogen and oxygen atoms in total. The van der Waals surface area contributed by atoms with Gasteiger partial charge < -0.3 is 9.73 Å². The van der Waals surface area contributed by atoms with Crippen LogP contribution in [0.5, 0.6) is 0 Å². The van der Waals surface area contributed by atoms with Gasteiger partial charge in [0.1, 0.15) is 5.76 Å². The molecule has 5 heteroatoms. The molecule has 0 saturated heterocycles. The van der Waals surface area contributed by atoms with Gasteiger partial charge in [0, 0.05) is 28.9 Å². The summed E-state index contributed by atoms with van der Waals surface area (Å²) < 4.78 is 17.1. The quantitative estimate of drug-likeness (QED) is 0.809. The second-order valence-electron chi connectivity index (χ2n) is 2.82. The van der Waals surface area contributed by atoms with Crippen LogP contribution in [0, 0.1) is 0 Å². The van der Waals surface area contributed by atoms with E-state index in [1.165, 1.54) is 0 Å². The average Bonchev–Trinajstić information content (AvgIpc) is 2.58. The average molecular weight is 280 g/mol. The van der Waals surface area contributed by atoms with E-state index in [0.717, 1.165) is 22.7 Å². The van der Waals surface area contributed by atoms with E-state index in [1.54, 1.807) is 0 Å². The molecule has 0 radical (unpaired) electrons. The summed E-state index contributed by atoms with van der Waals surface area (Å²) >= 11 is 3.23. The van der Waals surface area contributed by atoms with Crippen LogP contribution < -0.4 is 5.32 Å². The predicted molar refractivity (Wildman–Crippen MR) is 61.7 cm³/mol. The van der Waals surface area contributed by atoms with E-state index in [4.69, 9.17) is 4.42 Å². The molecular formula is C9H14BrNO2S. The molecule has 1 N–H and O–H groups in total. The molecule has 14 heavy (non-hydrogen) atoms. The van der Waals surface area contributed by atoms with Crippen LogP contribution in [0.1, 0.15) is 12.7 Å². The van der Waals surface area contributed by atoms with Crippen LogP contribution >= 0.6 is 15.9 Å². The van der Waals surface area contributed by atoms with Gasteiger partial charge in [0.2, 0.25) is 0 Å². The van der Waals surface area contributed by atoms with E-state index in [-0.39, 0.29) is 0 Å². The fourth-order valence-corrected chi connectivity index (χ4v) is 1.99. The van der Waals surface area contributed by atoms with Gasteiger partial charge in [-0.3, -0.25) is 4.21 Å². The third-order valence-electron chi connectivity index (χ3n) is 1.76. The first-order valence-corrected chi connectivity index (χ1v) is 6.80. The van der Waals surface area contributed by atoms with E-state index in [9.17, 15) is 4.21 Å². The Morgan fingerprint density at radius 3 is 2.93 bits per heavy atom. The minimum Gasteiger partial charge on any atom is -0.453 e. The van der Waals surface area contributed by atoms with E-state index in [2.05, 4.69) is 21.2 Å². The van der Waals surface area contributed by atoms with Crippen molar-refractivity contribution in [2.24, 2.45) is 0 Å². The number of rotatable bonds is 6. The SMILES string of the molecule is CCS(=O)CCNCc1ccc(Br)o1. The second kappa shape index (κ2) is 6.37. The molecule has 0 bridgehead atoms. The van der Waals surface area contributed by atoms with E-state index in [1.807, 2.05) is 19.1 Å². The van der Waals surface area contributed by atoms with Crippen molar-refractivity contribution in [1.29, 1.82) is 0 Å². The fraction of sp³-hybridized carbons (Fsp3) is 0.556. The van der Waals surface area contributed by atoms with Crippen LogP contribution in [-0.4, -0.2) is 22.3 Å². The summed E-state index contributed by atoms with van der Waals surface area (Å²) in [5.74, 6) is 2.32. The van der Waals surface area contributed by atoms with E-state index >= 15 is 0 Å². The van der Waals surface area contributed by atoms with Crippen LogP contribution in [0.3, 0.4) is 0 Å². The summed E-state index contributed by atoms with van der Waals surface area (Å²) in [5, 5.41) is 3.17. The summed E-state index contributed by atoms with van der Waals surface area (Å²) in [6, 6.07) is 3.77. The van der Waals surface area contributed by atoms with Crippen molar-refractivity contribution >= 4 is 26.7 Å². The summed E-state index contributed by atoms with van der Waals surface area (Å²) in [6.45, 7) is 3.38. The molecule has 1 rings (SSSR count). The molecule has 1 aromatic heterocycles. The zero-order valence-corrected chi connectivity index (χ0v) is 10.5. The van der Waals surface area contributed by atoms with Gasteiger partial charge in [-0.2, -0.15) is 0 Å². The molecule has 1 heterocycles. The van der Waals surface area contributed by atoms with Crippen LogP contribution in [0.15, 0.2) is 21.2 Å². The first-order valence-electron chi connectivity index (χ1n) is 4.52. The zero-order chi connectivity index (χ0) is 10.4. The zero-order valence-electron chi connectivity index (χ0n) is 8.09. The number of furan rings is 1. The van der Waals surface area contributed by atoms with Crippen LogP contribution in [0.25, 0.3) is 0 Å². The van der Waals surface area contributed by atoms with Gasteiger partial charge in [-0.15, -0.1) is 0 Å². The molecule has 0 fully saturated rings. The van der Waals surface area contributed by atoms with Crippen molar-refractivity contribution in [3.05, 3.63) is 22.6 Å². The molecule has 0 saturated carbocycles. The highest BCUT2D eigenvalue weighted by Gasteiger charge is 1.99. The lowest BCUT2D eigenvalue weighted by Crippen LogP contribution is -2.20. The minimum absolute atomic E-state index is 0.682. The van der Waals surface area contributed by atoms with Crippen molar-refractivity contribution in [3.8, 4) is 0 Å². The molecule has 0 aliphatic carbocycles. The highest BCUT2D eigenvalue weighted by molar-refractivity contribution is 9.10. The molecule has 80 valence electrons. The Hall–Kier alpha value is -0.130. The Morgan fingerprint density at radius 1 is 1.57 bits per heavy atom. The maximum Gasteiger partial charge on any atom is 0.169 e. The largest absolute Gasteiger partial charge is 0.453 e. The van der Waals surface area contributed by atoms with E-state index < -0.39 is 10.8 Å². The minimum atomic E-state index is -0.682. The predicted octanol–water partition coefficient (Wildman–Crippen LogP) is 1.90. The topological polar surface area (TPSA) is 42.2 Å². The monoisotopic (exact) mass is 279 g/mol. The van der Waals surface area contributed by atoms with Gasteiger partial charge in [-0.25, -0.2) is 0 Å². The van der Waals surface area contributed by atoms with Gasteiger partial charge in [0.05, 0.1) is 6.54 Å². The number of halogens is 1. The Bertz CT molecular complexity index is 301. The lowest BCUT2D eigenvalue weighted by molar-refractivity contribution is 0.469. The Kier molecular flexibility index (Phi) is 5.44. The summed E-state index contributed by atoms with van der Waals surface area (Å²) in [7, 11) is -0.682. The number of hydrogen-bond donors (Lipinski definition) is 1. The third-order valence-corrected chi connectivity index (χ3v) is 3.49. The van der Waals surface area contributed by atoms with Gasteiger partial charge in [-0.05, 0) is 28.1 Å². The summed E-state index contributed by atoms with van der Waals surface area (Å²) in [6.07, 6.45) is 0. The Morgan fingerprint density at radius 2 is 2.36 bits per heavy atom. The molecule has 0 aromatic carbocycles. The molecular weight excluding hydrogens is 266 g/mol. The van der Waals surface area contributed by atoms with Crippen molar-refractivity contribution in [3.63, 3.8) is 0 Å². The maximum atomic E-state index is 11.1. The smallest absolute Gasteiger partial charge is 0.169 e. The first kappa shape index (κ1) is 11.9. The Labute approximate surface area is 94.8 Å². The fourth-order valence-electron chi connectivity index (χ4n) is 0.989. The molecule has 0 amide bonds. The lowest BCUT2D eigenvalue weighted by atomic mass is 10.4. The molecule has 0 spiro atoms. The normalized spacial score (nSPS) is 13.0. The highest BCUT2D eigenvalue weighted by atomic mass is 79.9. The second-order valence-corrected chi connectivity index (χ2v) is 5.46. The molecule has 1 atom stereocenters. The maximum absolute atomic E-state index is 11.1. The summed E-state index contributed by atoms with van der Waals surface area (Å²) in [4.78, 5) is 0. The standard InChI is InChI=1S/C9H14BrNO2S/c1-2-14(12)6-5-11-7-8-3-4-9(10)13-8/h3-4,11H,2,5-7H2,1H3. The van der Waals surface area contributed by atoms with E-state index in [0.29, 0.717) is 12.3 Å². The van der Waals surface area contributed by atoms with Crippen LogP contribution in [-0.2, 0) is 17.3 Å². The Balaban J connectivity index is 2.13. The van der Waals surface area contributed by atoms with Crippen LogP contribution in [0.2, 0.25) is 0 Å². The number of hydrogen-bond acceptors (Lipinski definition) is 3. The van der Waals surface area contributed by atoms with Gasteiger partial charge in [0.25, 0.3) is 0 Å². The highest BCUT2D eigenvalue weighted by Crippen LogP contribution is 2.13. The molecule has 0 aliphatic rings. The van der Waals surface area contributed by atoms with Crippen molar-refractivity contribution < 1.29 is 8.63 Å². The van der Waals surface area contributed by atoms with Gasteiger partial charge in [0.15, 0.2) is 4.67 Å².